The Hall–Kier alpha value is -3.08. The van der Waals surface area contributed by atoms with E-state index in [4.69, 9.17) is 5.26 Å². The van der Waals surface area contributed by atoms with Gasteiger partial charge in [-0.1, -0.05) is 12.1 Å². The molecule has 0 unspecified atom stereocenters. The van der Waals surface area contributed by atoms with Crippen molar-refractivity contribution >= 4 is 11.6 Å². The highest BCUT2D eigenvalue weighted by Crippen LogP contribution is 2.34. The van der Waals surface area contributed by atoms with Crippen molar-refractivity contribution < 1.29 is 22.4 Å². The molecule has 1 N–H and O–H groups in total. The first-order valence-electron chi connectivity index (χ1n) is 8.12. The first-order valence-corrected chi connectivity index (χ1v) is 8.12. The van der Waals surface area contributed by atoms with Gasteiger partial charge in [-0.15, -0.1) is 0 Å². The molecule has 8 heteroatoms. The van der Waals surface area contributed by atoms with Crippen LogP contribution in [0.5, 0.6) is 0 Å². The number of nitriles is 1. The number of halogens is 4. The lowest BCUT2D eigenvalue weighted by atomic mass is 10.1. The molecule has 27 heavy (non-hydrogen) atoms. The van der Waals surface area contributed by atoms with Gasteiger partial charge in [0.2, 0.25) is 5.91 Å². The molecule has 0 aliphatic carbocycles. The van der Waals surface area contributed by atoms with Crippen molar-refractivity contribution in [2.24, 2.45) is 0 Å². The summed E-state index contributed by atoms with van der Waals surface area (Å²) in [6, 6.07) is 10.5. The van der Waals surface area contributed by atoms with Crippen molar-refractivity contribution in [3.05, 3.63) is 65.0 Å². The van der Waals surface area contributed by atoms with Gasteiger partial charge in [-0.2, -0.15) is 18.4 Å². The van der Waals surface area contributed by atoms with Gasteiger partial charge < -0.3 is 10.2 Å². The van der Waals surface area contributed by atoms with Gasteiger partial charge in [-0.25, -0.2) is 4.39 Å². The minimum Gasteiger partial charge on any atom is -0.362 e. The van der Waals surface area contributed by atoms with E-state index in [0.717, 1.165) is 12.1 Å². The molecule has 0 fully saturated rings. The number of nitrogens with one attached hydrogen (secondary N) is 1. The fourth-order valence-corrected chi connectivity index (χ4v) is 2.48. The highest BCUT2D eigenvalue weighted by Gasteiger charge is 2.34. The average Bonchev–Trinajstić information content (AvgIpc) is 2.64. The Balaban J connectivity index is 2.09. The molecule has 2 rings (SSSR count). The summed E-state index contributed by atoms with van der Waals surface area (Å²) in [5.74, 6) is -0.775. The van der Waals surface area contributed by atoms with Gasteiger partial charge in [0.1, 0.15) is 5.82 Å². The van der Waals surface area contributed by atoms with Gasteiger partial charge in [0.15, 0.2) is 0 Å². The summed E-state index contributed by atoms with van der Waals surface area (Å²) in [6.45, 7) is 2.03. The van der Waals surface area contributed by atoms with Gasteiger partial charge in [0.25, 0.3) is 0 Å². The van der Waals surface area contributed by atoms with E-state index in [2.05, 4.69) is 5.32 Å². The van der Waals surface area contributed by atoms with Crippen LogP contribution < -0.4 is 10.2 Å². The Kier molecular flexibility index (Phi) is 6.40. The van der Waals surface area contributed by atoms with Gasteiger partial charge in [0.05, 0.1) is 23.7 Å². The lowest BCUT2D eigenvalue weighted by Crippen LogP contribution is -2.37. The first kappa shape index (κ1) is 20.2. The topological polar surface area (TPSA) is 56.1 Å². The minimum atomic E-state index is -4.66. The lowest BCUT2D eigenvalue weighted by Gasteiger charge is -2.24. The molecule has 0 heterocycles. The van der Waals surface area contributed by atoms with E-state index in [1.54, 1.807) is 6.92 Å². The largest absolute Gasteiger partial charge is 0.417 e. The van der Waals surface area contributed by atoms with E-state index in [9.17, 15) is 22.4 Å². The number of rotatable bonds is 6. The number of hydrogen-bond donors (Lipinski definition) is 1. The summed E-state index contributed by atoms with van der Waals surface area (Å²) < 4.78 is 52.2. The zero-order valence-corrected chi connectivity index (χ0v) is 14.5. The maximum absolute atomic E-state index is 13.1. The molecule has 1 amide bonds. The highest BCUT2D eigenvalue weighted by atomic mass is 19.4. The number of nitrogens with zero attached hydrogens (tertiary/aromatic N) is 2. The highest BCUT2D eigenvalue weighted by molar-refractivity contribution is 5.81. The van der Waals surface area contributed by atoms with Crippen LogP contribution in [0.2, 0.25) is 0 Å². The minimum absolute atomic E-state index is 0.152. The van der Waals surface area contributed by atoms with Gasteiger partial charge in [-0.3, -0.25) is 4.79 Å². The van der Waals surface area contributed by atoms with E-state index in [-0.39, 0.29) is 30.5 Å². The number of benzene rings is 2. The second kappa shape index (κ2) is 8.54. The molecule has 0 radical (unpaired) electrons. The summed E-state index contributed by atoms with van der Waals surface area (Å²) in [7, 11) is 0. The van der Waals surface area contributed by atoms with Crippen molar-refractivity contribution in [1.82, 2.24) is 5.32 Å². The normalized spacial score (nSPS) is 11.0. The molecular weight excluding hydrogens is 362 g/mol. The Morgan fingerprint density at radius 1 is 1.19 bits per heavy atom. The predicted octanol–water partition coefficient (Wildman–Crippen LogP) is 3.86. The average molecular weight is 379 g/mol. The molecule has 0 atom stereocenters. The van der Waals surface area contributed by atoms with Crippen molar-refractivity contribution in [2.75, 3.05) is 18.0 Å². The molecule has 0 aromatic heterocycles. The molecule has 4 nitrogen and oxygen atoms in total. The fraction of sp³-hybridized carbons (Fsp3) is 0.263. The number of carbonyl (C=O) groups is 1. The third kappa shape index (κ3) is 5.45. The van der Waals surface area contributed by atoms with E-state index in [0.29, 0.717) is 12.1 Å². The molecule has 142 valence electrons. The predicted molar refractivity (Wildman–Crippen MR) is 92.3 cm³/mol. The van der Waals surface area contributed by atoms with Crippen LogP contribution in [0.3, 0.4) is 0 Å². The summed E-state index contributed by atoms with van der Waals surface area (Å²) in [5, 5.41) is 11.5. The number of anilines is 1. The second-order valence-electron chi connectivity index (χ2n) is 5.76. The molecule has 2 aromatic carbocycles. The Morgan fingerprint density at radius 3 is 2.41 bits per heavy atom. The molecule has 0 aliphatic heterocycles. The summed E-state index contributed by atoms with van der Waals surface area (Å²) >= 11 is 0. The first-order chi connectivity index (χ1) is 12.7. The maximum Gasteiger partial charge on any atom is 0.417 e. The number of hydrogen-bond acceptors (Lipinski definition) is 3. The number of likely N-dealkylation sites (N-methyl/N-ethyl adjacent to an activating group) is 1. The smallest absolute Gasteiger partial charge is 0.362 e. The zero-order valence-electron chi connectivity index (χ0n) is 14.5. The van der Waals surface area contributed by atoms with E-state index >= 15 is 0 Å². The SMILES string of the molecule is CCN(CC(=O)NCc1ccc(F)cc1)c1ccc(C#N)c(C(F)(F)F)c1. The quantitative estimate of drug-likeness (QED) is 0.776. The maximum atomic E-state index is 13.1. The van der Waals surface area contributed by atoms with Crippen LogP contribution in [0.1, 0.15) is 23.6 Å². The van der Waals surface area contributed by atoms with Crippen LogP contribution in [0.15, 0.2) is 42.5 Å². The standard InChI is InChI=1S/C19H17F4N3O/c1-2-26(12-18(27)25-11-13-3-6-15(20)7-4-13)16-8-5-14(10-24)17(9-16)19(21,22)23/h3-9H,2,11-12H2,1H3,(H,25,27). The molecular formula is C19H17F4N3O. The van der Waals surface area contributed by atoms with Crippen LogP contribution in [-0.4, -0.2) is 19.0 Å². The van der Waals surface area contributed by atoms with Crippen LogP contribution in [0.4, 0.5) is 23.2 Å². The molecule has 0 saturated heterocycles. The molecule has 0 aliphatic rings. The molecule has 2 aromatic rings. The van der Waals surface area contributed by atoms with Crippen molar-refractivity contribution in [3.63, 3.8) is 0 Å². The lowest BCUT2D eigenvalue weighted by molar-refractivity contribution is -0.137. The Labute approximate surface area is 154 Å². The van der Waals surface area contributed by atoms with Crippen molar-refractivity contribution in [1.29, 1.82) is 5.26 Å². The third-order valence-electron chi connectivity index (χ3n) is 3.91. The van der Waals surface area contributed by atoms with Crippen molar-refractivity contribution in [2.45, 2.75) is 19.6 Å². The van der Waals surface area contributed by atoms with Gasteiger partial charge in [-0.05, 0) is 42.8 Å². The van der Waals surface area contributed by atoms with Crippen LogP contribution in [-0.2, 0) is 17.5 Å². The monoisotopic (exact) mass is 379 g/mol. The number of alkyl halides is 3. The van der Waals surface area contributed by atoms with Crippen LogP contribution >= 0.6 is 0 Å². The zero-order chi connectivity index (χ0) is 20.0. The molecule has 0 spiro atoms. The fourth-order valence-electron chi connectivity index (χ4n) is 2.48. The second-order valence-corrected chi connectivity index (χ2v) is 5.76. The summed E-state index contributed by atoms with van der Waals surface area (Å²) in [6.07, 6.45) is -4.66. The number of amides is 1. The van der Waals surface area contributed by atoms with Gasteiger partial charge in [0, 0.05) is 18.8 Å². The Morgan fingerprint density at radius 2 is 1.85 bits per heavy atom. The van der Waals surface area contributed by atoms with Gasteiger partial charge >= 0.3 is 6.18 Å². The molecule has 0 saturated carbocycles. The van der Waals surface area contributed by atoms with Crippen LogP contribution in [0, 0.1) is 17.1 Å². The summed E-state index contributed by atoms with van der Waals surface area (Å²) in [5.41, 5.74) is -0.609. The summed E-state index contributed by atoms with van der Waals surface area (Å²) in [4.78, 5) is 13.6. The van der Waals surface area contributed by atoms with E-state index in [1.807, 2.05) is 0 Å². The van der Waals surface area contributed by atoms with E-state index in [1.165, 1.54) is 41.3 Å². The molecule has 0 bridgehead atoms. The van der Waals surface area contributed by atoms with E-state index < -0.39 is 17.3 Å². The van der Waals surface area contributed by atoms with Crippen LogP contribution in [0.25, 0.3) is 0 Å². The third-order valence-corrected chi connectivity index (χ3v) is 3.91. The number of carbonyl (C=O) groups excluding carboxylic acids is 1. The van der Waals surface area contributed by atoms with Crippen molar-refractivity contribution in [3.8, 4) is 6.07 Å². The Bertz CT molecular complexity index is 842.